The Hall–Kier alpha value is -1.28. The van der Waals surface area contributed by atoms with Crippen LogP contribution in [0.4, 0.5) is 0 Å². The number of phosphoric ester groups is 1. The number of amides is 1. The van der Waals surface area contributed by atoms with Gasteiger partial charge >= 0.3 is 7.82 Å². The standard InChI is InChI=1S/C69H135N2O6P/c1-6-8-10-12-14-16-18-20-22-24-26-27-28-29-30-31-32-33-34-35-36-37-38-39-40-41-42-43-45-47-49-51-53-55-57-59-61-63-69(73)70-67(66-77-78(74,75)76-65-64-71(3,4)5)68(72)62-60-58-56-54-52-50-48-46-44-25-23-21-19-17-15-13-11-9-7-2/h18,20,24,26,28-29,67-68,72H,6-17,19,21-23,25,27,30-66H2,1-5H3,(H-,70,73,74,75)/p+1/b20-18-,26-24-,29-28-. The zero-order valence-corrected chi connectivity index (χ0v) is 53.8. The molecule has 0 aromatic heterocycles. The summed E-state index contributed by atoms with van der Waals surface area (Å²) in [5, 5.41) is 14.1. The Bertz CT molecular complexity index is 1360. The molecule has 0 bridgehead atoms. The first kappa shape index (κ1) is 76.7. The number of carbonyl (C=O) groups excluding carboxylic acids is 1. The highest BCUT2D eigenvalue weighted by molar-refractivity contribution is 7.47. The summed E-state index contributed by atoms with van der Waals surface area (Å²) in [5.41, 5.74) is 0. The summed E-state index contributed by atoms with van der Waals surface area (Å²) in [6, 6.07) is -0.759. The first-order chi connectivity index (χ1) is 38.0. The van der Waals surface area contributed by atoms with Crippen LogP contribution in [0.1, 0.15) is 348 Å². The van der Waals surface area contributed by atoms with Gasteiger partial charge in [-0.3, -0.25) is 13.8 Å². The zero-order valence-electron chi connectivity index (χ0n) is 52.9. The molecule has 0 heterocycles. The first-order valence-corrected chi connectivity index (χ1v) is 35.8. The van der Waals surface area contributed by atoms with Gasteiger partial charge in [-0.1, -0.05) is 326 Å². The number of hydrogen-bond donors (Lipinski definition) is 3. The summed E-state index contributed by atoms with van der Waals surface area (Å²) in [6.45, 7) is 4.93. The molecule has 0 rings (SSSR count). The number of nitrogens with one attached hydrogen (secondary N) is 1. The minimum Gasteiger partial charge on any atom is -0.391 e. The number of quaternary nitrogens is 1. The topological polar surface area (TPSA) is 105 Å². The molecular formula is C69H136N2O6P+. The lowest BCUT2D eigenvalue weighted by Gasteiger charge is -2.26. The van der Waals surface area contributed by atoms with Crippen LogP contribution in [0.2, 0.25) is 0 Å². The van der Waals surface area contributed by atoms with E-state index in [2.05, 4.69) is 55.6 Å². The van der Waals surface area contributed by atoms with Crippen molar-refractivity contribution in [3.05, 3.63) is 36.5 Å². The third kappa shape index (κ3) is 62.3. The number of unbranched alkanes of at least 4 members (excludes halogenated alkanes) is 45. The predicted molar refractivity (Wildman–Crippen MR) is 341 cm³/mol. The van der Waals surface area contributed by atoms with Gasteiger partial charge in [0.2, 0.25) is 5.91 Å². The van der Waals surface area contributed by atoms with Crippen molar-refractivity contribution in [2.45, 2.75) is 360 Å². The third-order valence-corrected chi connectivity index (χ3v) is 16.9. The van der Waals surface area contributed by atoms with Crippen LogP contribution in [0.3, 0.4) is 0 Å². The monoisotopic (exact) mass is 1120 g/mol. The van der Waals surface area contributed by atoms with E-state index in [0.717, 1.165) is 51.4 Å². The highest BCUT2D eigenvalue weighted by Crippen LogP contribution is 2.43. The van der Waals surface area contributed by atoms with Gasteiger partial charge in [0.15, 0.2) is 0 Å². The molecule has 0 aliphatic heterocycles. The van der Waals surface area contributed by atoms with Crippen molar-refractivity contribution >= 4 is 13.7 Å². The number of phosphoric acid groups is 1. The van der Waals surface area contributed by atoms with E-state index in [1.54, 1.807) is 0 Å². The maximum Gasteiger partial charge on any atom is 0.472 e. The van der Waals surface area contributed by atoms with Crippen molar-refractivity contribution < 1.29 is 32.9 Å². The maximum absolute atomic E-state index is 13.1. The van der Waals surface area contributed by atoms with E-state index in [9.17, 15) is 19.4 Å². The number of carbonyl (C=O) groups is 1. The highest BCUT2D eigenvalue weighted by Gasteiger charge is 2.28. The second kappa shape index (κ2) is 60.3. The van der Waals surface area contributed by atoms with E-state index < -0.39 is 20.0 Å². The first-order valence-electron chi connectivity index (χ1n) is 34.4. The average molecular weight is 1120 g/mol. The Kier molecular flexibility index (Phi) is 59.3. The van der Waals surface area contributed by atoms with Gasteiger partial charge in [-0.05, 0) is 51.4 Å². The molecule has 462 valence electrons. The second-order valence-corrected chi connectivity index (χ2v) is 26.4. The molecule has 0 aliphatic rings. The maximum atomic E-state index is 13.1. The van der Waals surface area contributed by atoms with E-state index in [4.69, 9.17) is 9.05 Å². The van der Waals surface area contributed by atoms with Crippen LogP contribution in [0.15, 0.2) is 36.5 Å². The molecule has 0 saturated heterocycles. The van der Waals surface area contributed by atoms with Gasteiger partial charge in [-0.2, -0.15) is 0 Å². The molecule has 0 aromatic rings. The van der Waals surface area contributed by atoms with Crippen LogP contribution in [-0.2, 0) is 18.4 Å². The summed E-state index contributed by atoms with van der Waals surface area (Å²) in [4.78, 5) is 23.4. The summed E-state index contributed by atoms with van der Waals surface area (Å²) in [7, 11) is 1.63. The summed E-state index contributed by atoms with van der Waals surface area (Å²) in [6.07, 6.45) is 79.6. The van der Waals surface area contributed by atoms with E-state index in [1.807, 2.05) is 21.1 Å². The molecule has 0 aliphatic carbocycles. The van der Waals surface area contributed by atoms with Gasteiger partial charge in [0, 0.05) is 6.42 Å². The van der Waals surface area contributed by atoms with Crippen LogP contribution in [0, 0.1) is 0 Å². The fraction of sp³-hybridized carbons (Fsp3) is 0.899. The third-order valence-electron chi connectivity index (χ3n) is 15.9. The SMILES string of the molecule is CCCCCCC/C=C\C/C=C\C/C=C\CCCCCCCCCCCCCCCCCCCCCCCCC(=O)NC(COP(=O)(O)OCC[N+](C)(C)C)C(O)CCCCCCCCCCCCCCCCCCCCC. The lowest BCUT2D eigenvalue weighted by atomic mass is 10.0. The predicted octanol–water partition coefficient (Wildman–Crippen LogP) is 21.7. The molecule has 78 heavy (non-hydrogen) atoms. The van der Waals surface area contributed by atoms with Crippen molar-refractivity contribution in [3.63, 3.8) is 0 Å². The highest BCUT2D eigenvalue weighted by atomic mass is 31.2. The molecule has 3 atom stereocenters. The van der Waals surface area contributed by atoms with Crippen LogP contribution < -0.4 is 5.32 Å². The molecule has 8 nitrogen and oxygen atoms in total. The quantitative estimate of drug-likeness (QED) is 0.0243. The van der Waals surface area contributed by atoms with Crippen molar-refractivity contribution in [1.82, 2.24) is 5.32 Å². The van der Waals surface area contributed by atoms with Gasteiger partial charge in [0.25, 0.3) is 0 Å². The number of aliphatic hydroxyl groups is 1. The van der Waals surface area contributed by atoms with Gasteiger partial charge in [-0.15, -0.1) is 0 Å². The fourth-order valence-corrected chi connectivity index (χ4v) is 11.3. The van der Waals surface area contributed by atoms with E-state index in [1.165, 1.54) is 270 Å². The van der Waals surface area contributed by atoms with E-state index in [0.29, 0.717) is 23.9 Å². The number of aliphatic hydroxyl groups excluding tert-OH is 1. The lowest BCUT2D eigenvalue weighted by Crippen LogP contribution is -2.46. The van der Waals surface area contributed by atoms with Gasteiger partial charge < -0.3 is 19.8 Å². The molecule has 3 unspecified atom stereocenters. The normalized spacial score (nSPS) is 13.9. The van der Waals surface area contributed by atoms with Crippen molar-refractivity contribution in [1.29, 1.82) is 0 Å². The molecule has 9 heteroatoms. The molecule has 0 aromatic carbocycles. The average Bonchev–Trinajstić information content (AvgIpc) is 3.41. The molecule has 3 N–H and O–H groups in total. The number of likely N-dealkylation sites (N-methyl/N-ethyl adjacent to an activating group) is 1. The lowest BCUT2D eigenvalue weighted by molar-refractivity contribution is -0.870. The Labute approximate surface area is 487 Å². The fourth-order valence-electron chi connectivity index (χ4n) is 10.5. The molecular weight excluding hydrogens is 984 g/mol. The molecule has 1 amide bonds. The van der Waals surface area contributed by atoms with Gasteiger partial charge in [0.1, 0.15) is 13.2 Å². The van der Waals surface area contributed by atoms with Crippen LogP contribution >= 0.6 is 7.82 Å². The minimum absolute atomic E-state index is 0.0771. The van der Waals surface area contributed by atoms with Crippen molar-refractivity contribution in [3.8, 4) is 0 Å². The summed E-state index contributed by atoms with van der Waals surface area (Å²) in [5.74, 6) is -0.137. The van der Waals surface area contributed by atoms with Crippen LogP contribution in [-0.4, -0.2) is 73.4 Å². The van der Waals surface area contributed by atoms with Gasteiger partial charge in [-0.25, -0.2) is 4.57 Å². The smallest absolute Gasteiger partial charge is 0.391 e. The van der Waals surface area contributed by atoms with Crippen LogP contribution in [0.5, 0.6) is 0 Å². The number of nitrogens with zero attached hydrogens (tertiary/aromatic N) is 1. The second-order valence-electron chi connectivity index (χ2n) is 24.9. The van der Waals surface area contributed by atoms with E-state index in [-0.39, 0.29) is 19.1 Å². The Morgan fingerprint density at radius 3 is 1.06 bits per heavy atom. The minimum atomic E-state index is -4.33. The number of allylic oxidation sites excluding steroid dienone is 6. The molecule has 0 fully saturated rings. The number of rotatable bonds is 64. The molecule has 0 radical (unpaired) electrons. The zero-order chi connectivity index (χ0) is 57.0. The summed E-state index contributed by atoms with van der Waals surface area (Å²) >= 11 is 0. The van der Waals surface area contributed by atoms with Crippen molar-refractivity contribution in [2.24, 2.45) is 0 Å². The molecule has 0 spiro atoms. The van der Waals surface area contributed by atoms with E-state index >= 15 is 0 Å². The number of hydrogen-bond acceptors (Lipinski definition) is 5. The van der Waals surface area contributed by atoms with Crippen LogP contribution in [0.25, 0.3) is 0 Å². The Balaban J connectivity index is 3.94. The largest absolute Gasteiger partial charge is 0.472 e. The Morgan fingerprint density at radius 2 is 0.731 bits per heavy atom. The Morgan fingerprint density at radius 1 is 0.436 bits per heavy atom. The van der Waals surface area contributed by atoms with Crippen molar-refractivity contribution in [2.75, 3.05) is 40.9 Å². The summed E-state index contributed by atoms with van der Waals surface area (Å²) < 4.78 is 23.9. The molecule has 0 saturated carbocycles. The van der Waals surface area contributed by atoms with Gasteiger partial charge in [0.05, 0.1) is 39.9 Å².